The van der Waals surface area contributed by atoms with Crippen molar-refractivity contribution >= 4 is 28.9 Å². The van der Waals surface area contributed by atoms with Crippen LogP contribution in [0.25, 0.3) is 21.7 Å². The van der Waals surface area contributed by atoms with Gasteiger partial charge in [-0.15, -0.1) is 11.3 Å². The number of thiophene rings is 1. The number of halogens is 2. The second kappa shape index (κ2) is 10.7. The van der Waals surface area contributed by atoms with E-state index >= 15 is 4.39 Å². The van der Waals surface area contributed by atoms with Crippen LogP contribution in [0.15, 0.2) is 60.0 Å². The molecule has 0 bridgehead atoms. The zero-order valence-electron chi connectivity index (χ0n) is 18.6. The minimum atomic E-state index is -0.578. The van der Waals surface area contributed by atoms with E-state index in [-0.39, 0.29) is 31.3 Å². The van der Waals surface area contributed by atoms with Crippen LogP contribution in [-0.4, -0.2) is 36.1 Å². The van der Waals surface area contributed by atoms with Crippen molar-refractivity contribution in [3.05, 3.63) is 76.4 Å². The Labute approximate surface area is 205 Å². The second-order valence-corrected chi connectivity index (χ2v) is 8.52. The predicted molar refractivity (Wildman–Crippen MR) is 130 cm³/mol. The van der Waals surface area contributed by atoms with E-state index in [4.69, 9.17) is 25.8 Å². The fraction of sp³-hybridized carbons (Fsp3) is 0.200. The number of ether oxygens (including phenoxy) is 3. The van der Waals surface area contributed by atoms with Gasteiger partial charge < -0.3 is 14.2 Å². The van der Waals surface area contributed by atoms with Crippen molar-refractivity contribution < 1.29 is 23.4 Å². The molecule has 0 amide bonds. The normalized spacial score (nSPS) is 10.8. The summed E-state index contributed by atoms with van der Waals surface area (Å²) < 4.78 is 32.6. The molecule has 0 fully saturated rings. The molecule has 0 unspecified atom stereocenters. The topological polar surface area (TPSA) is 62.6 Å². The molecule has 6 nitrogen and oxygen atoms in total. The van der Waals surface area contributed by atoms with E-state index < -0.39 is 11.8 Å². The Morgan fingerprint density at radius 2 is 1.88 bits per heavy atom. The highest BCUT2D eigenvalue weighted by Crippen LogP contribution is 2.33. The highest BCUT2D eigenvalue weighted by atomic mass is 35.5. The standard InChI is InChI=1S/C25H22ClFN2O4S/c1-3-32-24-22(27)23(16-6-8-17(9-7-16)25(30)31-2)28-29(24)12-13-33-20-11-10-18(15-19(20)26)21-5-4-14-34-21/h4-11,14-15H,3,12-13H2,1-2H3. The van der Waals surface area contributed by atoms with Crippen molar-refractivity contribution in [1.82, 2.24) is 9.78 Å². The van der Waals surface area contributed by atoms with Gasteiger partial charge in [0, 0.05) is 10.4 Å². The smallest absolute Gasteiger partial charge is 0.337 e. The van der Waals surface area contributed by atoms with Crippen LogP contribution in [0.2, 0.25) is 5.02 Å². The van der Waals surface area contributed by atoms with Crippen LogP contribution in [0, 0.1) is 5.82 Å². The van der Waals surface area contributed by atoms with Crippen LogP contribution in [0.4, 0.5) is 4.39 Å². The fourth-order valence-electron chi connectivity index (χ4n) is 3.37. The first-order valence-electron chi connectivity index (χ1n) is 10.6. The van der Waals surface area contributed by atoms with Crippen LogP contribution in [-0.2, 0) is 11.3 Å². The second-order valence-electron chi connectivity index (χ2n) is 7.16. The molecule has 0 aliphatic rings. The van der Waals surface area contributed by atoms with Crippen LogP contribution in [0.1, 0.15) is 17.3 Å². The summed E-state index contributed by atoms with van der Waals surface area (Å²) in [4.78, 5) is 12.8. The number of aromatic nitrogens is 2. The fourth-order valence-corrected chi connectivity index (χ4v) is 4.33. The van der Waals surface area contributed by atoms with Crippen LogP contribution in [0.3, 0.4) is 0 Å². The van der Waals surface area contributed by atoms with Crippen molar-refractivity contribution in [2.75, 3.05) is 20.3 Å². The molecule has 2 heterocycles. The van der Waals surface area contributed by atoms with Gasteiger partial charge in [0.1, 0.15) is 18.1 Å². The van der Waals surface area contributed by atoms with Gasteiger partial charge in [-0.05, 0) is 54.3 Å². The average molecular weight is 501 g/mol. The highest BCUT2D eigenvalue weighted by Gasteiger charge is 2.21. The van der Waals surface area contributed by atoms with Gasteiger partial charge in [-0.1, -0.05) is 29.8 Å². The van der Waals surface area contributed by atoms with E-state index in [0.29, 0.717) is 21.9 Å². The quantitative estimate of drug-likeness (QED) is 0.251. The van der Waals surface area contributed by atoms with Gasteiger partial charge in [0.2, 0.25) is 11.7 Å². The molecule has 0 saturated carbocycles. The molecular weight excluding hydrogens is 479 g/mol. The number of nitrogens with zero attached hydrogens (tertiary/aromatic N) is 2. The lowest BCUT2D eigenvalue weighted by Gasteiger charge is -2.11. The minimum Gasteiger partial charge on any atom is -0.490 e. The van der Waals surface area contributed by atoms with Crippen molar-refractivity contribution in [3.63, 3.8) is 0 Å². The Morgan fingerprint density at radius 3 is 2.53 bits per heavy atom. The maximum atomic E-state index is 15.1. The molecule has 0 spiro atoms. The van der Waals surface area contributed by atoms with E-state index in [9.17, 15) is 4.79 Å². The summed E-state index contributed by atoms with van der Waals surface area (Å²) in [5.74, 6) is -0.485. The third-order valence-electron chi connectivity index (χ3n) is 5.01. The zero-order valence-corrected chi connectivity index (χ0v) is 20.2. The molecule has 2 aromatic heterocycles. The summed E-state index contributed by atoms with van der Waals surface area (Å²) in [6.45, 7) is 2.50. The van der Waals surface area contributed by atoms with Crippen molar-refractivity contribution in [2.24, 2.45) is 0 Å². The number of esters is 1. The summed E-state index contributed by atoms with van der Waals surface area (Å²) in [5, 5.41) is 6.89. The number of benzene rings is 2. The molecule has 0 atom stereocenters. The van der Waals surface area contributed by atoms with Crippen LogP contribution < -0.4 is 9.47 Å². The van der Waals surface area contributed by atoms with E-state index in [1.54, 1.807) is 42.5 Å². The Morgan fingerprint density at radius 1 is 1.12 bits per heavy atom. The van der Waals surface area contributed by atoms with Gasteiger partial charge in [-0.2, -0.15) is 9.49 Å². The average Bonchev–Trinajstić information content (AvgIpc) is 3.49. The third-order valence-corrected chi connectivity index (χ3v) is 6.22. The summed E-state index contributed by atoms with van der Waals surface area (Å²) in [6, 6.07) is 16.0. The summed E-state index contributed by atoms with van der Waals surface area (Å²) in [7, 11) is 1.30. The summed E-state index contributed by atoms with van der Waals surface area (Å²) in [5.41, 5.74) is 2.02. The monoisotopic (exact) mass is 500 g/mol. The van der Waals surface area contributed by atoms with Gasteiger partial charge in [-0.3, -0.25) is 0 Å². The molecular formula is C25H22ClFN2O4S. The summed E-state index contributed by atoms with van der Waals surface area (Å²) >= 11 is 8.04. The Kier molecular flexibility index (Phi) is 7.49. The molecule has 9 heteroatoms. The van der Waals surface area contributed by atoms with E-state index in [2.05, 4.69) is 5.10 Å². The lowest BCUT2D eigenvalue weighted by atomic mass is 10.1. The van der Waals surface area contributed by atoms with Gasteiger partial charge in [0.05, 0.1) is 30.8 Å². The van der Waals surface area contributed by atoms with Crippen molar-refractivity contribution in [2.45, 2.75) is 13.5 Å². The molecule has 0 N–H and O–H groups in total. The Bertz CT molecular complexity index is 1270. The Hall–Kier alpha value is -3.36. The number of carbonyl (C=O) groups is 1. The molecule has 0 radical (unpaired) electrons. The van der Waals surface area contributed by atoms with Gasteiger partial charge in [-0.25, -0.2) is 9.48 Å². The number of methoxy groups -OCH3 is 1. The number of hydrogen-bond donors (Lipinski definition) is 0. The van der Waals surface area contributed by atoms with Gasteiger partial charge >= 0.3 is 5.97 Å². The maximum absolute atomic E-state index is 15.1. The number of hydrogen-bond acceptors (Lipinski definition) is 6. The van der Waals surface area contributed by atoms with Gasteiger partial charge in [0.25, 0.3) is 0 Å². The number of carbonyl (C=O) groups excluding carboxylic acids is 1. The zero-order chi connectivity index (χ0) is 24.1. The minimum absolute atomic E-state index is 0.0253. The third kappa shape index (κ3) is 5.08. The first-order chi connectivity index (χ1) is 16.5. The summed E-state index contributed by atoms with van der Waals surface area (Å²) in [6.07, 6.45) is 0. The lowest BCUT2D eigenvalue weighted by molar-refractivity contribution is 0.0600. The molecule has 4 aromatic rings. The number of rotatable bonds is 9. The molecule has 34 heavy (non-hydrogen) atoms. The van der Waals surface area contributed by atoms with Crippen LogP contribution >= 0.6 is 22.9 Å². The van der Waals surface area contributed by atoms with Crippen molar-refractivity contribution in [3.8, 4) is 33.3 Å². The lowest BCUT2D eigenvalue weighted by Crippen LogP contribution is -2.12. The molecule has 2 aromatic carbocycles. The van der Waals surface area contributed by atoms with E-state index in [1.807, 2.05) is 35.7 Å². The SMILES string of the molecule is CCOc1c(F)c(-c2ccc(C(=O)OC)cc2)nn1CCOc1ccc(-c2cccs2)cc1Cl. The Balaban J connectivity index is 1.49. The first-order valence-corrected chi connectivity index (χ1v) is 11.8. The molecule has 4 rings (SSSR count). The molecule has 0 saturated heterocycles. The van der Waals surface area contributed by atoms with Gasteiger partial charge in [0.15, 0.2) is 0 Å². The molecule has 176 valence electrons. The first kappa shape index (κ1) is 23.8. The predicted octanol–water partition coefficient (Wildman–Crippen LogP) is 6.34. The maximum Gasteiger partial charge on any atom is 0.337 e. The highest BCUT2D eigenvalue weighted by molar-refractivity contribution is 7.13. The van der Waals surface area contributed by atoms with E-state index in [0.717, 1.165) is 10.4 Å². The van der Waals surface area contributed by atoms with Crippen molar-refractivity contribution in [1.29, 1.82) is 0 Å². The van der Waals surface area contributed by atoms with E-state index in [1.165, 1.54) is 11.8 Å². The largest absolute Gasteiger partial charge is 0.490 e. The van der Waals surface area contributed by atoms with Crippen LogP contribution in [0.5, 0.6) is 11.6 Å². The molecule has 0 aliphatic heterocycles. The molecule has 0 aliphatic carbocycles.